The Balaban J connectivity index is 0.000000898. The SMILES string of the molecule is O=[N+]([O-])O.O=[N+]([O-])O.[Cu].[OH3+].c1ccc(C(c2ccccc2)(n2cccn2)n2cccn2)cc1. The summed E-state index contributed by atoms with van der Waals surface area (Å²) in [5, 5.41) is 36.4. The molecule has 13 nitrogen and oxygen atoms in total. The largest absolute Gasteiger partial charge is 0.457 e. The fraction of sp³-hybridized carbons (Fsp3) is 0.0526. The smallest absolute Gasteiger partial charge is 0.291 e. The zero-order valence-corrected chi connectivity index (χ0v) is 17.8. The topological polar surface area (TPSA) is 195 Å². The van der Waals surface area contributed by atoms with E-state index in [1.165, 1.54) is 0 Å². The molecule has 33 heavy (non-hydrogen) atoms. The van der Waals surface area contributed by atoms with Crippen LogP contribution in [0.5, 0.6) is 0 Å². The minimum atomic E-state index is -1.50. The molecule has 0 spiro atoms. The molecule has 0 aliphatic rings. The Morgan fingerprint density at radius 3 is 1.24 bits per heavy atom. The van der Waals surface area contributed by atoms with E-state index in [1.54, 1.807) is 12.4 Å². The van der Waals surface area contributed by atoms with Crippen LogP contribution in [0, 0.1) is 20.2 Å². The molecule has 5 N–H and O–H groups in total. The summed E-state index contributed by atoms with van der Waals surface area (Å²) in [5.74, 6) is 0. The van der Waals surface area contributed by atoms with E-state index in [0.717, 1.165) is 11.1 Å². The first-order valence-corrected chi connectivity index (χ1v) is 8.67. The first kappa shape index (κ1) is 28.7. The number of hydrogen-bond donors (Lipinski definition) is 2. The second-order valence-corrected chi connectivity index (χ2v) is 5.78. The van der Waals surface area contributed by atoms with Gasteiger partial charge in [-0.3, -0.25) is 0 Å². The Morgan fingerprint density at radius 2 is 1.00 bits per heavy atom. The third-order valence-electron chi connectivity index (χ3n) is 4.02. The molecule has 0 saturated carbocycles. The average molecular weight is 509 g/mol. The molecule has 2 aromatic carbocycles. The third-order valence-corrected chi connectivity index (χ3v) is 4.02. The summed E-state index contributed by atoms with van der Waals surface area (Å²) < 4.78 is 3.90. The van der Waals surface area contributed by atoms with Crippen molar-refractivity contribution >= 4 is 0 Å². The number of nitrogens with zero attached hydrogens (tertiary/aromatic N) is 6. The van der Waals surface area contributed by atoms with Gasteiger partial charge in [0.2, 0.25) is 5.66 Å². The molecule has 4 rings (SSSR count). The van der Waals surface area contributed by atoms with E-state index in [2.05, 4.69) is 34.5 Å². The van der Waals surface area contributed by atoms with Crippen LogP contribution in [0.3, 0.4) is 0 Å². The van der Waals surface area contributed by atoms with E-state index in [4.69, 9.17) is 30.6 Å². The van der Waals surface area contributed by atoms with Gasteiger partial charge < -0.3 is 15.9 Å². The number of benzene rings is 2. The molecule has 0 amide bonds. The predicted molar refractivity (Wildman–Crippen MR) is 111 cm³/mol. The Labute approximate surface area is 197 Å². The van der Waals surface area contributed by atoms with Crippen molar-refractivity contribution in [3.05, 3.63) is 129 Å². The van der Waals surface area contributed by atoms with Crippen LogP contribution in [0.2, 0.25) is 0 Å². The van der Waals surface area contributed by atoms with Crippen molar-refractivity contribution in [2.75, 3.05) is 0 Å². The predicted octanol–water partition coefficient (Wildman–Crippen LogP) is 1.76. The van der Waals surface area contributed by atoms with Crippen LogP contribution < -0.4 is 0 Å². The summed E-state index contributed by atoms with van der Waals surface area (Å²) in [6, 6.07) is 24.5. The molecule has 0 atom stereocenters. The number of hydrogen-bond acceptors (Lipinski definition) is 6. The standard InChI is InChI=1S/C19H16N4.Cu.2HNO3.H2O/c1-3-9-17(10-4-1)19(22-15-7-13-20-22,23-16-8-14-21-23)18-11-5-2-6-12-18;;2*2-1(3)4;/h1-16H;;2*(H,2,3,4);1H2/p+1. The van der Waals surface area contributed by atoms with Crippen LogP contribution in [0.25, 0.3) is 0 Å². The zero-order chi connectivity index (χ0) is 22.7. The molecular weight excluding hydrogens is 488 g/mol. The monoisotopic (exact) mass is 508 g/mol. The molecule has 0 saturated heterocycles. The minimum Gasteiger partial charge on any atom is -0.457 e. The van der Waals surface area contributed by atoms with Crippen molar-refractivity contribution < 1.29 is 43.1 Å². The Morgan fingerprint density at radius 1 is 0.697 bits per heavy atom. The Kier molecular flexibility index (Phi) is 12.1. The van der Waals surface area contributed by atoms with Gasteiger partial charge in [-0.2, -0.15) is 10.2 Å². The van der Waals surface area contributed by atoms with Crippen LogP contribution in [0.15, 0.2) is 97.6 Å². The average Bonchev–Trinajstić information content (AvgIpc) is 3.45. The second kappa shape index (κ2) is 13.9. The maximum Gasteiger partial charge on any atom is 0.291 e. The van der Waals surface area contributed by atoms with Crippen LogP contribution in [0.4, 0.5) is 0 Å². The van der Waals surface area contributed by atoms with Crippen LogP contribution in [0.1, 0.15) is 11.1 Å². The molecule has 2 heterocycles. The van der Waals surface area contributed by atoms with E-state index in [0.29, 0.717) is 0 Å². The number of rotatable bonds is 4. The van der Waals surface area contributed by atoms with Crippen molar-refractivity contribution in [2.24, 2.45) is 0 Å². The molecule has 0 aliphatic carbocycles. The van der Waals surface area contributed by atoms with E-state index < -0.39 is 15.8 Å². The van der Waals surface area contributed by atoms with Crippen LogP contribution >= 0.6 is 0 Å². The molecular formula is C19H21CuN6O7+. The van der Waals surface area contributed by atoms with Gasteiger partial charge in [-0.05, 0) is 12.1 Å². The fourth-order valence-corrected chi connectivity index (χ4v) is 3.06. The first-order chi connectivity index (χ1) is 14.9. The molecule has 0 bridgehead atoms. The third kappa shape index (κ3) is 7.43. The normalized spacial score (nSPS) is 9.45. The van der Waals surface area contributed by atoms with Gasteiger partial charge in [-0.15, -0.1) is 20.2 Å². The quantitative estimate of drug-likeness (QED) is 0.180. The van der Waals surface area contributed by atoms with E-state index >= 15 is 0 Å². The van der Waals surface area contributed by atoms with Gasteiger partial charge in [-0.1, -0.05) is 60.7 Å². The second-order valence-electron chi connectivity index (χ2n) is 5.78. The van der Waals surface area contributed by atoms with Crippen molar-refractivity contribution in [3.8, 4) is 0 Å². The molecule has 2 aromatic heterocycles. The number of aromatic nitrogens is 4. The van der Waals surface area contributed by atoms with E-state index in [1.807, 2.05) is 70.3 Å². The fourth-order valence-electron chi connectivity index (χ4n) is 3.06. The van der Waals surface area contributed by atoms with Gasteiger partial charge in [0.05, 0.1) is 0 Å². The molecule has 4 aromatic rings. The summed E-state index contributed by atoms with van der Waals surface area (Å²) in [6.45, 7) is 0. The van der Waals surface area contributed by atoms with E-state index in [9.17, 15) is 0 Å². The summed E-state index contributed by atoms with van der Waals surface area (Å²) in [7, 11) is 0. The molecule has 179 valence electrons. The van der Waals surface area contributed by atoms with Crippen LogP contribution in [-0.4, -0.2) is 40.1 Å². The molecule has 0 aliphatic heterocycles. The molecule has 0 fully saturated rings. The van der Waals surface area contributed by atoms with Gasteiger partial charge in [-0.25, -0.2) is 9.36 Å². The molecule has 14 heteroatoms. The van der Waals surface area contributed by atoms with E-state index in [-0.39, 0.29) is 22.5 Å². The van der Waals surface area contributed by atoms with Gasteiger partial charge in [0.15, 0.2) is 0 Å². The van der Waals surface area contributed by atoms with Crippen molar-refractivity contribution in [1.82, 2.24) is 19.6 Å². The van der Waals surface area contributed by atoms with Gasteiger partial charge in [0.25, 0.3) is 10.2 Å². The van der Waals surface area contributed by atoms with Crippen molar-refractivity contribution in [2.45, 2.75) is 5.66 Å². The van der Waals surface area contributed by atoms with Gasteiger partial charge in [0.1, 0.15) is 0 Å². The summed E-state index contributed by atoms with van der Waals surface area (Å²) in [4.78, 5) is 16.7. The molecule has 0 unspecified atom stereocenters. The van der Waals surface area contributed by atoms with Crippen LogP contribution in [-0.2, 0) is 28.2 Å². The van der Waals surface area contributed by atoms with Gasteiger partial charge in [0, 0.05) is 53.0 Å². The first-order valence-electron chi connectivity index (χ1n) is 8.67. The van der Waals surface area contributed by atoms with Crippen molar-refractivity contribution in [1.29, 1.82) is 0 Å². The van der Waals surface area contributed by atoms with Gasteiger partial charge >= 0.3 is 0 Å². The zero-order valence-electron chi connectivity index (χ0n) is 16.8. The maximum absolute atomic E-state index is 8.36. The summed E-state index contributed by atoms with van der Waals surface area (Å²) in [5.41, 5.74) is 1.53. The Hall–Kier alpha value is -4.26. The minimum absolute atomic E-state index is 0. The van der Waals surface area contributed by atoms with Crippen molar-refractivity contribution in [3.63, 3.8) is 0 Å². The molecule has 1 radical (unpaired) electrons. The Bertz CT molecular complexity index is 969. The summed E-state index contributed by atoms with van der Waals surface area (Å²) in [6.07, 6.45) is 7.54. The summed E-state index contributed by atoms with van der Waals surface area (Å²) >= 11 is 0. The maximum atomic E-state index is 8.36.